The molecular formula is C11H8N4O. The highest BCUT2D eigenvalue weighted by Crippen LogP contribution is 2.23. The molecule has 16 heavy (non-hydrogen) atoms. The maximum atomic E-state index is 5.49. The summed E-state index contributed by atoms with van der Waals surface area (Å²) >= 11 is 0. The Morgan fingerprint density at radius 2 is 2.06 bits per heavy atom. The molecule has 0 saturated carbocycles. The number of benzene rings is 1. The molecule has 0 fully saturated rings. The second-order valence-electron chi connectivity index (χ2n) is 3.28. The van der Waals surface area contributed by atoms with Crippen LogP contribution in [0.5, 0.6) is 11.8 Å². The molecule has 1 N–H and O–H groups in total. The highest BCUT2D eigenvalue weighted by molar-refractivity contribution is 5.81. The van der Waals surface area contributed by atoms with Crippen molar-refractivity contribution in [1.29, 1.82) is 0 Å². The van der Waals surface area contributed by atoms with Gasteiger partial charge in [0.1, 0.15) is 0 Å². The lowest BCUT2D eigenvalue weighted by Crippen LogP contribution is -1.91. The fourth-order valence-electron chi connectivity index (χ4n) is 1.50. The van der Waals surface area contributed by atoms with E-state index in [9.17, 15) is 0 Å². The second-order valence-corrected chi connectivity index (χ2v) is 3.28. The number of fused-ring (bicyclic) bond motifs is 1. The minimum absolute atomic E-state index is 0.418. The molecule has 1 aromatic carbocycles. The molecule has 2 aromatic heterocycles. The fraction of sp³-hybridized carbons (Fsp3) is 0. The highest BCUT2D eigenvalue weighted by atomic mass is 16.5. The zero-order chi connectivity index (χ0) is 10.8. The number of H-pyrrole nitrogens is 1. The minimum Gasteiger partial charge on any atom is -0.421 e. The van der Waals surface area contributed by atoms with Gasteiger partial charge in [0.25, 0.3) is 0 Å². The van der Waals surface area contributed by atoms with Gasteiger partial charge >= 0.3 is 0 Å². The Kier molecular flexibility index (Phi) is 2.00. The van der Waals surface area contributed by atoms with Crippen molar-refractivity contribution in [2.45, 2.75) is 0 Å². The van der Waals surface area contributed by atoms with E-state index in [0.717, 1.165) is 10.9 Å². The number of hydrogen-bond donors (Lipinski definition) is 1. The standard InChI is InChI=1S/C11H8N4O/c1-2-4-9-8(3-1)7-11(13-9)16-10-5-6-12-15-14-10/h1-7,13H. The topological polar surface area (TPSA) is 63.7 Å². The third-order valence-electron chi connectivity index (χ3n) is 2.20. The Hall–Kier alpha value is -2.43. The molecule has 0 amide bonds. The summed E-state index contributed by atoms with van der Waals surface area (Å²) in [6, 6.07) is 11.5. The molecule has 0 spiro atoms. The van der Waals surface area contributed by atoms with Crippen LogP contribution in [0, 0.1) is 0 Å². The fourth-order valence-corrected chi connectivity index (χ4v) is 1.50. The van der Waals surface area contributed by atoms with E-state index in [1.165, 1.54) is 6.20 Å². The number of ether oxygens (including phenoxy) is 1. The van der Waals surface area contributed by atoms with E-state index in [4.69, 9.17) is 4.74 Å². The molecule has 78 valence electrons. The first-order valence-electron chi connectivity index (χ1n) is 4.82. The van der Waals surface area contributed by atoms with Crippen molar-refractivity contribution in [1.82, 2.24) is 20.4 Å². The molecule has 0 aliphatic heterocycles. The van der Waals surface area contributed by atoms with Gasteiger partial charge in [-0.25, -0.2) is 0 Å². The van der Waals surface area contributed by atoms with Crippen molar-refractivity contribution in [3.05, 3.63) is 42.6 Å². The van der Waals surface area contributed by atoms with Crippen LogP contribution in [0.1, 0.15) is 0 Å². The molecule has 3 aromatic rings. The summed E-state index contributed by atoms with van der Waals surface area (Å²) in [5.41, 5.74) is 1.03. The van der Waals surface area contributed by atoms with Gasteiger partial charge in [-0.1, -0.05) is 23.3 Å². The summed E-state index contributed by atoms with van der Waals surface area (Å²) in [5.74, 6) is 1.06. The van der Waals surface area contributed by atoms with Gasteiger partial charge in [-0.15, -0.1) is 5.10 Å². The SMILES string of the molecule is c1ccc2[nH]c(Oc3ccnnn3)cc2c1. The molecule has 3 rings (SSSR count). The molecule has 0 atom stereocenters. The number of aromatic amines is 1. The van der Waals surface area contributed by atoms with Crippen LogP contribution in [0.3, 0.4) is 0 Å². The Balaban J connectivity index is 1.95. The molecule has 0 aliphatic carbocycles. The molecule has 2 heterocycles. The quantitative estimate of drug-likeness (QED) is 0.706. The number of nitrogens with zero attached hydrogens (tertiary/aromatic N) is 3. The van der Waals surface area contributed by atoms with Crippen LogP contribution < -0.4 is 4.74 Å². The van der Waals surface area contributed by atoms with Gasteiger partial charge in [0.2, 0.25) is 11.8 Å². The van der Waals surface area contributed by atoms with Gasteiger partial charge in [-0.05, 0) is 11.3 Å². The maximum Gasteiger partial charge on any atom is 0.244 e. The van der Waals surface area contributed by atoms with Crippen LogP contribution in [-0.4, -0.2) is 20.4 Å². The lowest BCUT2D eigenvalue weighted by atomic mass is 10.3. The molecule has 0 saturated heterocycles. The lowest BCUT2D eigenvalue weighted by Gasteiger charge is -1.98. The van der Waals surface area contributed by atoms with Crippen molar-refractivity contribution in [3.63, 3.8) is 0 Å². The van der Waals surface area contributed by atoms with Gasteiger partial charge in [-0.3, -0.25) is 0 Å². The Morgan fingerprint density at radius 3 is 2.88 bits per heavy atom. The van der Waals surface area contributed by atoms with E-state index < -0.39 is 0 Å². The number of hydrogen-bond acceptors (Lipinski definition) is 4. The smallest absolute Gasteiger partial charge is 0.244 e. The summed E-state index contributed by atoms with van der Waals surface area (Å²) in [6.45, 7) is 0. The Morgan fingerprint density at radius 1 is 1.12 bits per heavy atom. The molecule has 0 unspecified atom stereocenters. The van der Waals surface area contributed by atoms with Crippen LogP contribution in [0.25, 0.3) is 10.9 Å². The van der Waals surface area contributed by atoms with Gasteiger partial charge in [0.15, 0.2) is 0 Å². The average molecular weight is 212 g/mol. The zero-order valence-electron chi connectivity index (χ0n) is 8.29. The largest absolute Gasteiger partial charge is 0.421 e. The predicted molar refractivity (Wildman–Crippen MR) is 58.2 cm³/mol. The van der Waals surface area contributed by atoms with Crippen LogP contribution in [-0.2, 0) is 0 Å². The van der Waals surface area contributed by atoms with Crippen molar-refractivity contribution >= 4 is 10.9 Å². The monoisotopic (exact) mass is 212 g/mol. The number of nitrogens with one attached hydrogen (secondary N) is 1. The summed E-state index contributed by atoms with van der Waals surface area (Å²) in [4.78, 5) is 3.13. The summed E-state index contributed by atoms with van der Waals surface area (Å²) < 4.78 is 5.49. The third kappa shape index (κ3) is 1.58. The van der Waals surface area contributed by atoms with Crippen molar-refractivity contribution < 1.29 is 4.74 Å². The van der Waals surface area contributed by atoms with E-state index in [-0.39, 0.29) is 0 Å². The van der Waals surface area contributed by atoms with Crippen LogP contribution in [0.4, 0.5) is 0 Å². The van der Waals surface area contributed by atoms with Crippen LogP contribution >= 0.6 is 0 Å². The number of rotatable bonds is 2. The molecule has 5 heteroatoms. The maximum absolute atomic E-state index is 5.49. The Labute approximate surface area is 91.1 Å². The Bertz CT molecular complexity index is 572. The van der Waals surface area contributed by atoms with E-state index in [0.29, 0.717) is 11.8 Å². The highest BCUT2D eigenvalue weighted by Gasteiger charge is 2.02. The molecular weight excluding hydrogens is 204 g/mol. The first-order chi connectivity index (χ1) is 7.92. The first-order valence-corrected chi connectivity index (χ1v) is 4.82. The normalized spacial score (nSPS) is 10.5. The summed E-state index contributed by atoms with van der Waals surface area (Å²) in [5, 5.41) is 11.9. The molecule has 0 radical (unpaired) electrons. The van der Waals surface area contributed by atoms with E-state index in [1.54, 1.807) is 6.07 Å². The minimum atomic E-state index is 0.418. The third-order valence-corrected chi connectivity index (χ3v) is 2.20. The molecule has 0 bridgehead atoms. The molecule has 5 nitrogen and oxygen atoms in total. The zero-order valence-corrected chi connectivity index (χ0v) is 8.29. The van der Waals surface area contributed by atoms with Crippen LogP contribution in [0.15, 0.2) is 42.6 Å². The average Bonchev–Trinajstić information content (AvgIpc) is 2.72. The van der Waals surface area contributed by atoms with E-state index in [2.05, 4.69) is 20.4 Å². The van der Waals surface area contributed by atoms with Gasteiger partial charge < -0.3 is 9.72 Å². The number of para-hydroxylation sites is 1. The summed E-state index contributed by atoms with van der Waals surface area (Å²) in [6.07, 6.45) is 1.53. The van der Waals surface area contributed by atoms with E-state index in [1.807, 2.05) is 30.3 Å². The number of aromatic nitrogens is 4. The lowest BCUT2D eigenvalue weighted by molar-refractivity contribution is 0.437. The summed E-state index contributed by atoms with van der Waals surface area (Å²) in [7, 11) is 0. The molecule has 0 aliphatic rings. The van der Waals surface area contributed by atoms with Crippen molar-refractivity contribution in [2.24, 2.45) is 0 Å². The van der Waals surface area contributed by atoms with Gasteiger partial charge in [0.05, 0.1) is 6.20 Å². The van der Waals surface area contributed by atoms with Crippen molar-refractivity contribution in [2.75, 3.05) is 0 Å². The van der Waals surface area contributed by atoms with Crippen LogP contribution in [0.2, 0.25) is 0 Å². The predicted octanol–water partition coefficient (Wildman–Crippen LogP) is 2.15. The van der Waals surface area contributed by atoms with Crippen molar-refractivity contribution in [3.8, 4) is 11.8 Å². The second kappa shape index (κ2) is 3.62. The van der Waals surface area contributed by atoms with E-state index >= 15 is 0 Å². The van der Waals surface area contributed by atoms with Gasteiger partial charge in [-0.2, -0.15) is 0 Å². The first kappa shape index (κ1) is 8.84. The van der Waals surface area contributed by atoms with Gasteiger partial charge in [0, 0.05) is 23.0 Å².